The molecule has 1 aliphatic rings. The van der Waals surface area contributed by atoms with E-state index < -0.39 is 0 Å². The minimum atomic E-state index is -0.358. The Hall–Kier alpha value is -3.64. The molecule has 4 heterocycles. The third-order valence-corrected chi connectivity index (χ3v) is 10.5. The van der Waals surface area contributed by atoms with Crippen LogP contribution in [-0.2, 0) is 9.31 Å². The molecule has 0 spiro atoms. The highest BCUT2D eigenvalue weighted by atomic mass is 32.1. The van der Waals surface area contributed by atoms with Crippen LogP contribution in [0, 0.1) is 0 Å². The average Bonchev–Trinajstić information content (AvgIpc) is 3.71. The summed E-state index contributed by atoms with van der Waals surface area (Å²) in [4.78, 5) is 0. The molecular weight excluding hydrogens is 545 g/mol. The van der Waals surface area contributed by atoms with E-state index in [1.54, 1.807) is 0 Å². The summed E-state index contributed by atoms with van der Waals surface area (Å²) in [5.41, 5.74) is 4.24. The quantitative estimate of drug-likeness (QED) is 0.179. The average molecular weight is 584 g/mol. The monoisotopic (exact) mass is 583 g/mol. The molecule has 3 aromatic heterocycles. The molecule has 5 aromatic carbocycles. The van der Waals surface area contributed by atoms with Gasteiger partial charge in [-0.25, -0.2) is 0 Å². The summed E-state index contributed by atoms with van der Waals surface area (Å²) in [6.07, 6.45) is 0. The van der Waals surface area contributed by atoms with Crippen LogP contribution in [0.15, 0.2) is 84.9 Å². The molecule has 1 saturated heterocycles. The number of rotatable bonds is 1. The lowest BCUT2D eigenvalue weighted by molar-refractivity contribution is 0.00578. The number of hydrogen-bond acceptors (Lipinski definition) is 3. The van der Waals surface area contributed by atoms with Gasteiger partial charge in [-0.1, -0.05) is 76.2 Å². The van der Waals surface area contributed by atoms with Crippen molar-refractivity contribution in [1.29, 1.82) is 0 Å². The molecule has 0 aliphatic carbocycles. The highest BCUT2D eigenvalue weighted by Gasteiger charge is 2.51. The topological polar surface area (TPSA) is 22.9 Å². The molecule has 1 aliphatic heterocycles. The standard InChI is InChI=1S/C34H26BNO2S.2C2H6/c1-33(2)34(3,4)38-35(37-33)21-12-13-30-27(18-21)26-15-19-14-25-24-10-7-9-23-22-8-5-6-11-28(22)36(32(23)24)29(25)16-20(19)17-31(26)39-30;2*1-2/h5-18H,1-4H3;2*1-2H3. The van der Waals surface area contributed by atoms with E-state index in [1.807, 2.05) is 39.0 Å². The van der Waals surface area contributed by atoms with Crippen LogP contribution in [0.2, 0.25) is 0 Å². The Morgan fingerprint density at radius 1 is 0.558 bits per heavy atom. The first kappa shape index (κ1) is 28.2. The number of nitrogens with zero attached hydrogens (tertiary/aromatic N) is 1. The summed E-state index contributed by atoms with van der Waals surface area (Å²) in [5.74, 6) is 0. The van der Waals surface area contributed by atoms with Gasteiger partial charge in [0.1, 0.15) is 0 Å². The Bertz CT molecular complexity index is 2290. The number of hydrogen-bond donors (Lipinski definition) is 0. The van der Waals surface area contributed by atoms with Gasteiger partial charge in [-0.05, 0) is 85.7 Å². The molecule has 0 saturated carbocycles. The second kappa shape index (κ2) is 9.95. The van der Waals surface area contributed by atoms with Crippen molar-refractivity contribution in [3.63, 3.8) is 0 Å². The Morgan fingerprint density at radius 3 is 1.91 bits per heavy atom. The zero-order valence-corrected chi connectivity index (χ0v) is 27.1. The molecule has 216 valence electrons. The van der Waals surface area contributed by atoms with Gasteiger partial charge in [0.25, 0.3) is 0 Å². The van der Waals surface area contributed by atoms with Crippen LogP contribution < -0.4 is 5.46 Å². The van der Waals surface area contributed by atoms with Crippen molar-refractivity contribution < 1.29 is 9.31 Å². The van der Waals surface area contributed by atoms with Crippen molar-refractivity contribution in [2.75, 3.05) is 0 Å². The Kier molecular flexibility index (Phi) is 6.52. The maximum absolute atomic E-state index is 6.37. The molecule has 43 heavy (non-hydrogen) atoms. The van der Waals surface area contributed by atoms with Gasteiger partial charge >= 0.3 is 7.12 Å². The lowest BCUT2D eigenvalue weighted by atomic mass is 9.78. The van der Waals surface area contributed by atoms with Crippen molar-refractivity contribution >= 4 is 93.0 Å². The van der Waals surface area contributed by atoms with Crippen LogP contribution in [-0.4, -0.2) is 22.7 Å². The van der Waals surface area contributed by atoms with Gasteiger partial charge in [0, 0.05) is 36.3 Å². The third-order valence-electron chi connectivity index (χ3n) is 9.32. The minimum Gasteiger partial charge on any atom is -0.399 e. The first-order chi connectivity index (χ1) is 20.8. The van der Waals surface area contributed by atoms with Gasteiger partial charge in [0.05, 0.1) is 27.8 Å². The zero-order valence-electron chi connectivity index (χ0n) is 26.3. The van der Waals surface area contributed by atoms with Crippen molar-refractivity contribution in [3.8, 4) is 0 Å². The van der Waals surface area contributed by atoms with Crippen molar-refractivity contribution in [1.82, 2.24) is 4.40 Å². The summed E-state index contributed by atoms with van der Waals surface area (Å²) < 4.78 is 17.8. The molecule has 0 radical (unpaired) electrons. The predicted octanol–water partition coefficient (Wildman–Crippen LogP) is 10.7. The lowest BCUT2D eigenvalue weighted by Crippen LogP contribution is -2.41. The van der Waals surface area contributed by atoms with Crippen LogP contribution in [0.4, 0.5) is 0 Å². The van der Waals surface area contributed by atoms with Crippen LogP contribution in [0.25, 0.3) is 69.0 Å². The summed E-state index contributed by atoms with van der Waals surface area (Å²) in [6.45, 7) is 16.4. The predicted molar refractivity (Wildman–Crippen MR) is 190 cm³/mol. The molecule has 0 unspecified atom stereocenters. The minimum absolute atomic E-state index is 0.354. The molecular formula is C38H38BNO2S. The summed E-state index contributed by atoms with van der Waals surface area (Å²) in [6, 6.07) is 31.7. The first-order valence-corrected chi connectivity index (χ1v) is 16.4. The molecule has 9 rings (SSSR count). The lowest BCUT2D eigenvalue weighted by Gasteiger charge is -2.32. The third kappa shape index (κ3) is 3.95. The van der Waals surface area contributed by atoms with Crippen molar-refractivity contribution in [2.24, 2.45) is 0 Å². The molecule has 3 nitrogen and oxygen atoms in total. The molecule has 5 heteroatoms. The van der Waals surface area contributed by atoms with Gasteiger partial charge in [-0.2, -0.15) is 0 Å². The fraction of sp³-hybridized carbons (Fsp3) is 0.263. The van der Waals surface area contributed by atoms with E-state index >= 15 is 0 Å². The van der Waals surface area contributed by atoms with Crippen LogP contribution >= 0.6 is 11.3 Å². The normalized spacial score (nSPS) is 16.0. The van der Waals surface area contributed by atoms with Gasteiger partial charge < -0.3 is 13.7 Å². The Morgan fingerprint density at radius 2 is 1.16 bits per heavy atom. The maximum atomic E-state index is 6.37. The molecule has 0 N–H and O–H groups in total. The van der Waals surface area contributed by atoms with Crippen LogP contribution in [0.1, 0.15) is 55.4 Å². The second-order valence-corrected chi connectivity index (χ2v) is 13.1. The smallest absolute Gasteiger partial charge is 0.399 e. The zero-order chi connectivity index (χ0) is 30.3. The van der Waals surface area contributed by atoms with E-state index in [1.165, 1.54) is 69.0 Å². The summed E-state index contributed by atoms with van der Waals surface area (Å²) in [5, 5.41) is 10.4. The van der Waals surface area contributed by atoms with E-state index in [2.05, 4.69) is 117 Å². The van der Waals surface area contributed by atoms with E-state index in [0.717, 1.165) is 5.46 Å². The van der Waals surface area contributed by atoms with Crippen molar-refractivity contribution in [3.05, 3.63) is 84.9 Å². The van der Waals surface area contributed by atoms with Gasteiger partial charge in [-0.3, -0.25) is 0 Å². The Labute approximate surface area is 257 Å². The van der Waals surface area contributed by atoms with Gasteiger partial charge in [0.15, 0.2) is 0 Å². The van der Waals surface area contributed by atoms with Crippen LogP contribution in [0.3, 0.4) is 0 Å². The molecule has 8 aromatic rings. The number of para-hydroxylation sites is 2. The van der Waals surface area contributed by atoms with E-state index in [0.29, 0.717) is 0 Å². The number of fused-ring (bicyclic) bond motifs is 10. The van der Waals surface area contributed by atoms with E-state index in [-0.39, 0.29) is 18.3 Å². The molecule has 0 atom stereocenters. The van der Waals surface area contributed by atoms with E-state index in [4.69, 9.17) is 9.31 Å². The second-order valence-electron chi connectivity index (χ2n) is 12.1. The van der Waals surface area contributed by atoms with E-state index in [9.17, 15) is 0 Å². The number of thiophene rings is 1. The number of aromatic nitrogens is 1. The molecule has 1 fully saturated rings. The maximum Gasteiger partial charge on any atom is 0.494 e. The SMILES string of the molecule is CC.CC.CC1(C)OB(c2ccc3sc4cc5cc6c(cc5cc4c3c2)c2cccc3c4ccccc4n6c32)OC1(C)C. The first-order valence-electron chi connectivity index (χ1n) is 15.6. The highest BCUT2D eigenvalue weighted by Crippen LogP contribution is 2.43. The Balaban J connectivity index is 0.000000723. The van der Waals surface area contributed by atoms with Crippen molar-refractivity contribution in [2.45, 2.75) is 66.6 Å². The highest BCUT2D eigenvalue weighted by molar-refractivity contribution is 7.25. The number of benzene rings is 5. The molecule has 0 amide bonds. The van der Waals surface area contributed by atoms with Crippen LogP contribution in [0.5, 0.6) is 0 Å². The van der Waals surface area contributed by atoms with Gasteiger partial charge in [-0.15, -0.1) is 11.3 Å². The fourth-order valence-corrected chi connectivity index (χ4v) is 7.71. The summed E-state index contributed by atoms with van der Waals surface area (Å²) in [7, 11) is -0.358. The largest absolute Gasteiger partial charge is 0.494 e. The summed E-state index contributed by atoms with van der Waals surface area (Å²) >= 11 is 1.86. The molecule has 0 bridgehead atoms. The fourth-order valence-electron chi connectivity index (χ4n) is 6.59. The van der Waals surface area contributed by atoms with Gasteiger partial charge in [0.2, 0.25) is 0 Å².